The highest BCUT2D eigenvalue weighted by Crippen LogP contribution is 2.29. The van der Waals surface area contributed by atoms with Crippen molar-refractivity contribution in [1.29, 1.82) is 0 Å². The molecule has 0 bridgehead atoms. The third-order valence-corrected chi connectivity index (χ3v) is 6.05. The van der Waals surface area contributed by atoms with Crippen molar-refractivity contribution in [3.63, 3.8) is 0 Å². The standard InChI is InChI=1S/C21H23N3O2S/c1-13(12-22)10-19-15(3)24-21-14(2)8-9-18(20(19)21)16-6-5-7-17(11-16)27(25,26)23-4/h5-12,23-24H,3,22H2,1-2,4H3/b13-12-,19-10+. The first-order valence-corrected chi connectivity index (χ1v) is 10.0. The van der Waals surface area contributed by atoms with E-state index in [0.29, 0.717) is 0 Å². The molecule has 5 nitrogen and oxygen atoms in total. The third-order valence-electron chi connectivity index (χ3n) is 4.64. The number of hydrogen-bond donors (Lipinski definition) is 3. The van der Waals surface area contributed by atoms with E-state index in [1.54, 1.807) is 24.4 Å². The summed E-state index contributed by atoms with van der Waals surface area (Å²) in [6, 6.07) is 10.9. The Morgan fingerprint density at radius 2 is 2.00 bits per heavy atom. The lowest BCUT2D eigenvalue weighted by Gasteiger charge is -2.09. The van der Waals surface area contributed by atoms with Crippen LogP contribution in [0.2, 0.25) is 0 Å². The van der Waals surface area contributed by atoms with Crippen LogP contribution >= 0.6 is 0 Å². The largest absolute Gasteiger partial charge is 0.404 e. The average molecular weight is 382 g/mol. The van der Waals surface area contributed by atoms with Crippen molar-refractivity contribution in [2.45, 2.75) is 18.7 Å². The van der Waals surface area contributed by atoms with Crippen molar-refractivity contribution in [2.24, 2.45) is 5.73 Å². The highest BCUT2D eigenvalue weighted by Gasteiger charge is 2.15. The van der Waals surface area contributed by atoms with Crippen LogP contribution in [0.4, 0.5) is 0 Å². The number of benzene rings is 2. The molecule has 0 saturated carbocycles. The Kier molecular flexibility index (Phi) is 4.95. The number of nitrogens with two attached hydrogens (primary N) is 1. The number of aromatic amines is 1. The van der Waals surface area contributed by atoms with Crippen LogP contribution in [-0.2, 0) is 10.0 Å². The van der Waals surface area contributed by atoms with E-state index in [0.717, 1.165) is 43.7 Å². The molecule has 140 valence electrons. The maximum absolute atomic E-state index is 12.2. The van der Waals surface area contributed by atoms with Crippen molar-refractivity contribution in [2.75, 3.05) is 7.05 Å². The lowest BCUT2D eigenvalue weighted by atomic mass is 9.98. The number of nitrogens with one attached hydrogen (secondary N) is 2. The van der Waals surface area contributed by atoms with Gasteiger partial charge in [0.2, 0.25) is 10.0 Å². The Balaban J connectivity index is 2.41. The minimum absolute atomic E-state index is 0.227. The summed E-state index contributed by atoms with van der Waals surface area (Å²) in [5.74, 6) is 0. The monoisotopic (exact) mass is 381 g/mol. The lowest BCUT2D eigenvalue weighted by molar-refractivity contribution is 0.588. The van der Waals surface area contributed by atoms with Gasteiger partial charge in [-0.25, -0.2) is 13.1 Å². The van der Waals surface area contributed by atoms with Gasteiger partial charge in [-0.05, 0) is 67.6 Å². The Bertz CT molecular complexity index is 1270. The fourth-order valence-corrected chi connectivity index (χ4v) is 3.92. The van der Waals surface area contributed by atoms with Gasteiger partial charge < -0.3 is 10.7 Å². The van der Waals surface area contributed by atoms with E-state index in [4.69, 9.17) is 5.73 Å². The number of aryl methyl sites for hydroxylation is 1. The number of aromatic nitrogens is 1. The molecule has 3 aromatic rings. The molecule has 0 atom stereocenters. The molecule has 0 spiro atoms. The summed E-state index contributed by atoms with van der Waals surface area (Å²) in [6.07, 6.45) is 3.53. The number of fused-ring (bicyclic) bond motifs is 1. The van der Waals surface area contributed by atoms with Crippen LogP contribution in [0.15, 0.2) is 53.1 Å². The first-order valence-electron chi connectivity index (χ1n) is 8.53. The van der Waals surface area contributed by atoms with Crippen LogP contribution in [0.25, 0.3) is 34.7 Å². The summed E-state index contributed by atoms with van der Waals surface area (Å²) >= 11 is 0. The zero-order valence-electron chi connectivity index (χ0n) is 15.6. The van der Waals surface area contributed by atoms with Crippen LogP contribution < -0.4 is 21.0 Å². The smallest absolute Gasteiger partial charge is 0.240 e. The lowest BCUT2D eigenvalue weighted by Crippen LogP contribution is -2.21. The molecule has 27 heavy (non-hydrogen) atoms. The Morgan fingerprint density at radius 1 is 1.26 bits per heavy atom. The van der Waals surface area contributed by atoms with Gasteiger partial charge in [-0.3, -0.25) is 0 Å². The number of H-pyrrole nitrogens is 1. The van der Waals surface area contributed by atoms with Crippen LogP contribution in [0, 0.1) is 6.92 Å². The maximum atomic E-state index is 12.2. The van der Waals surface area contributed by atoms with Gasteiger partial charge in [0.05, 0.1) is 10.4 Å². The molecular weight excluding hydrogens is 358 g/mol. The van der Waals surface area contributed by atoms with Crippen LogP contribution in [0.5, 0.6) is 0 Å². The van der Waals surface area contributed by atoms with Crippen molar-refractivity contribution in [1.82, 2.24) is 9.71 Å². The summed E-state index contributed by atoms with van der Waals surface area (Å²) in [5, 5.41) is 2.74. The fourth-order valence-electron chi connectivity index (χ4n) is 3.14. The molecule has 1 heterocycles. The first-order chi connectivity index (χ1) is 12.8. The van der Waals surface area contributed by atoms with Crippen molar-refractivity contribution in [3.05, 3.63) is 64.3 Å². The van der Waals surface area contributed by atoms with Gasteiger partial charge in [0.25, 0.3) is 0 Å². The van der Waals surface area contributed by atoms with Crippen LogP contribution in [-0.4, -0.2) is 20.4 Å². The Morgan fingerprint density at radius 3 is 2.67 bits per heavy atom. The summed E-state index contributed by atoms with van der Waals surface area (Å²) in [6.45, 7) is 8.08. The third kappa shape index (κ3) is 3.41. The minimum Gasteiger partial charge on any atom is -0.404 e. The van der Waals surface area contributed by atoms with Gasteiger partial charge >= 0.3 is 0 Å². The van der Waals surface area contributed by atoms with E-state index in [9.17, 15) is 8.42 Å². The summed E-state index contributed by atoms with van der Waals surface area (Å²) in [5.41, 5.74) is 10.4. The van der Waals surface area contributed by atoms with Crippen molar-refractivity contribution in [3.8, 4) is 11.1 Å². The molecule has 0 fully saturated rings. The highest BCUT2D eigenvalue weighted by molar-refractivity contribution is 7.89. The van der Waals surface area contributed by atoms with Crippen molar-refractivity contribution < 1.29 is 8.42 Å². The number of allylic oxidation sites excluding steroid dienone is 1. The molecule has 0 saturated heterocycles. The van der Waals surface area contributed by atoms with Crippen molar-refractivity contribution >= 4 is 33.6 Å². The molecule has 0 radical (unpaired) electrons. The number of hydrogen-bond acceptors (Lipinski definition) is 3. The molecule has 0 aliphatic heterocycles. The van der Waals surface area contributed by atoms with E-state index in [-0.39, 0.29) is 4.90 Å². The molecule has 6 heteroatoms. The van der Waals surface area contributed by atoms with Gasteiger partial charge in [0, 0.05) is 16.0 Å². The SMILES string of the molecule is C=c1[nH]c2c(C)ccc(-c3cccc(S(=O)(=O)NC)c3)c2/c1=C/C(C)=C\N. The summed E-state index contributed by atoms with van der Waals surface area (Å²) in [4.78, 5) is 3.58. The fraction of sp³-hybridized carbons (Fsp3) is 0.143. The van der Waals surface area contributed by atoms with E-state index in [1.807, 2.05) is 38.1 Å². The van der Waals surface area contributed by atoms with E-state index >= 15 is 0 Å². The second-order valence-electron chi connectivity index (χ2n) is 6.49. The average Bonchev–Trinajstić information content (AvgIpc) is 2.99. The normalized spacial score (nSPS) is 13.4. The number of sulfonamides is 1. The second kappa shape index (κ2) is 7.06. The van der Waals surface area contributed by atoms with Crippen LogP contribution in [0.1, 0.15) is 12.5 Å². The van der Waals surface area contributed by atoms with E-state index in [1.165, 1.54) is 7.05 Å². The van der Waals surface area contributed by atoms with Gasteiger partial charge in [0.1, 0.15) is 0 Å². The maximum Gasteiger partial charge on any atom is 0.240 e. The zero-order chi connectivity index (χ0) is 19.8. The zero-order valence-corrected chi connectivity index (χ0v) is 16.4. The predicted molar refractivity (Wildman–Crippen MR) is 112 cm³/mol. The van der Waals surface area contributed by atoms with Gasteiger partial charge in [-0.2, -0.15) is 0 Å². The quantitative estimate of drug-likeness (QED) is 0.647. The first kappa shape index (κ1) is 18.9. The van der Waals surface area contributed by atoms with Gasteiger partial charge in [-0.15, -0.1) is 0 Å². The molecule has 4 N–H and O–H groups in total. The van der Waals surface area contributed by atoms with Crippen LogP contribution in [0.3, 0.4) is 0 Å². The predicted octanol–water partition coefficient (Wildman–Crippen LogP) is 2.10. The molecule has 2 aromatic carbocycles. The molecule has 0 aliphatic carbocycles. The summed E-state index contributed by atoms with van der Waals surface area (Å²) < 4.78 is 26.8. The highest BCUT2D eigenvalue weighted by atomic mass is 32.2. The molecule has 3 rings (SSSR count). The Labute approximate surface area is 159 Å². The molecule has 0 amide bonds. The molecule has 0 unspecified atom stereocenters. The van der Waals surface area contributed by atoms with Gasteiger partial charge in [-0.1, -0.05) is 30.8 Å². The second-order valence-corrected chi connectivity index (χ2v) is 8.37. The van der Waals surface area contributed by atoms with E-state index < -0.39 is 10.0 Å². The molecule has 0 aliphatic rings. The number of rotatable bonds is 4. The topological polar surface area (TPSA) is 88.0 Å². The van der Waals surface area contributed by atoms with E-state index in [2.05, 4.69) is 16.3 Å². The summed E-state index contributed by atoms with van der Waals surface area (Å²) in [7, 11) is -2.12. The molecular formula is C21H23N3O2S. The Hall–Kier alpha value is -2.83. The minimum atomic E-state index is -3.52. The molecule has 1 aromatic heterocycles. The van der Waals surface area contributed by atoms with Gasteiger partial charge in [0.15, 0.2) is 0 Å².